The van der Waals surface area contributed by atoms with Gasteiger partial charge in [0.05, 0.1) is 11.0 Å². The smallest absolute Gasteiger partial charge is 0.323 e. The minimum atomic E-state index is -0.246. The predicted octanol–water partition coefficient (Wildman–Crippen LogP) is 1.31. The molecule has 0 saturated heterocycles. The number of aromatic nitrogens is 2. The van der Waals surface area contributed by atoms with Gasteiger partial charge in [-0.1, -0.05) is 0 Å². The zero-order valence-corrected chi connectivity index (χ0v) is 11.1. The lowest BCUT2D eigenvalue weighted by atomic mass is 9.86. The SMILES string of the molecule is NC1CCC(C(=O)Nc2ccc3[nH]c(=O)[nH]c3c2)CC1. The molecule has 6 nitrogen and oxygen atoms in total. The van der Waals surface area contributed by atoms with Crippen molar-refractivity contribution in [3.05, 3.63) is 28.7 Å². The molecule has 5 N–H and O–H groups in total. The largest absolute Gasteiger partial charge is 0.328 e. The number of amides is 1. The highest BCUT2D eigenvalue weighted by Gasteiger charge is 2.24. The number of imidazole rings is 1. The van der Waals surface area contributed by atoms with Crippen molar-refractivity contribution in [2.24, 2.45) is 11.7 Å². The Balaban J connectivity index is 1.72. The lowest BCUT2D eigenvalue weighted by Crippen LogP contribution is -2.32. The molecule has 1 heterocycles. The number of rotatable bonds is 2. The van der Waals surface area contributed by atoms with Crippen LogP contribution in [0.25, 0.3) is 11.0 Å². The molecule has 20 heavy (non-hydrogen) atoms. The van der Waals surface area contributed by atoms with Crippen LogP contribution in [0.15, 0.2) is 23.0 Å². The summed E-state index contributed by atoms with van der Waals surface area (Å²) in [4.78, 5) is 28.7. The first-order valence-corrected chi connectivity index (χ1v) is 6.90. The second-order valence-electron chi connectivity index (χ2n) is 5.44. The fourth-order valence-electron chi connectivity index (χ4n) is 2.74. The molecule has 106 valence electrons. The quantitative estimate of drug-likeness (QED) is 0.663. The average molecular weight is 274 g/mol. The third kappa shape index (κ3) is 2.60. The van der Waals surface area contributed by atoms with Gasteiger partial charge in [-0.25, -0.2) is 4.79 Å². The third-order valence-corrected chi connectivity index (χ3v) is 3.93. The molecule has 0 radical (unpaired) electrons. The van der Waals surface area contributed by atoms with Crippen molar-refractivity contribution in [3.63, 3.8) is 0 Å². The van der Waals surface area contributed by atoms with Gasteiger partial charge in [-0.3, -0.25) is 4.79 Å². The Hall–Kier alpha value is -2.08. The van der Waals surface area contributed by atoms with Gasteiger partial charge in [0.1, 0.15) is 0 Å². The lowest BCUT2D eigenvalue weighted by Gasteiger charge is -2.25. The molecule has 0 aliphatic heterocycles. The Bertz CT molecular complexity index is 680. The van der Waals surface area contributed by atoms with Crippen LogP contribution in [-0.2, 0) is 4.79 Å². The van der Waals surface area contributed by atoms with E-state index in [2.05, 4.69) is 15.3 Å². The van der Waals surface area contributed by atoms with Crippen LogP contribution < -0.4 is 16.7 Å². The van der Waals surface area contributed by atoms with Crippen LogP contribution in [0.4, 0.5) is 5.69 Å². The molecule has 3 rings (SSSR count). The molecule has 1 aliphatic rings. The summed E-state index contributed by atoms with van der Waals surface area (Å²) in [5.41, 5.74) is 7.73. The molecular weight excluding hydrogens is 256 g/mol. The maximum Gasteiger partial charge on any atom is 0.323 e. The summed E-state index contributed by atoms with van der Waals surface area (Å²) in [7, 11) is 0. The first-order chi connectivity index (χ1) is 9.61. The number of nitrogens with two attached hydrogens (primary N) is 1. The van der Waals surface area contributed by atoms with Crippen LogP contribution in [0.5, 0.6) is 0 Å². The van der Waals surface area contributed by atoms with E-state index < -0.39 is 0 Å². The molecule has 6 heteroatoms. The maximum atomic E-state index is 12.2. The fraction of sp³-hybridized carbons (Fsp3) is 0.429. The van der Waals surface area contributed by atoms with E-state index in [4.69, 9.17) is 5.73 Å². The Morgan fingerprint density at radius 3 is 2.60 bits per heavy atom. The number of benzene rings is 1. The standard InChI is InChI=1S/C14H18N4O2/c15-9-3-1-8(2-4-9)13(19)16-10-5-6-11-12(7-10)18-14(20)17-11/h5-9H,1-4,15H2,(H,16,19)(H2,17,18,20). The van der Waals surface area contributed by atoms with E-state index in [1.165, 1.54) is 0 Å². The molecule has 0 unspecified atom stereocenters. The van der Waals surface area contributed by atoms with Crippen LogP contribution >= 0.6 is 0 Å². The van der Waals surface area contributed by atoms with Gasteiger partial charge in [-0.15, -0.1) is 0 Å². The van der Waals surface area contributed by atoms with E-state index in [1.54, 1.807) is 18.2 Å². The van der Waals surface area contributed by atoms with Gasteiger partial charge >= 0.3 is 5.69 Å². The first kappa shape index (κ1) is 12.9. The molecule has 1 fully saturated rings. The fourth-order valence-corrected chi connectivity index (χ4v) is 2.74. The Labute approximate surface area is 115 Å². The van der Waals surface area contributed by atoms with Gasteiger partial charge in [0.2, 0.25) is 5.91 Å². The number of carbonyl (C=O) groups excluding carboxylic acids is 1. The summed E-state index contributed by atoms with van der Waals surface area (Å²) in [5, 5.41) is 2.91. The van der Waals surface area contributed by atoms with Crippen LogP contribution in [0.3, 0.4) is 0 Å². The van der Waals surface area contributed by atoms with Gasteiger partial charge < -0.3 is 21.0 Å². The minimum absolute atomic E-state index is 0.0362. The van der Waals surface area contributed by atoms with E-state index in [9.17, 15) is 9.59 Å². The third-order valence-electron chi connectivity index (χ3n) is 3.93. The molecule has 1 saturated carbocycles. The average Bonchev–Trinajstić information content (AvgIpc) is 2.78. The van der Waals surface area contributed by atoms with E-state index in [0.717, 1.165) is 31.2 Å². The van der Waals surface area contributed by atoms with E-state index in [0.29, 0.717) is 11.2 Å². The minimum Gasteiger partial charge on any atom is -0.328 e. The van der Waals surface area contributed by atoms with Crippen LogP contribution in [-0.4, -0.2) is 21.9 Å². The topological polar surface area (TPSA) is 104 Å². The highest BCUT2D eigenvalue weighted by Crippen LogP contribution is 2.25. The Morgan fingerprint density at radius 1 is 1.15 bits per heavy atom. The second-order valence-corrected chi connectivity index (χ2v) is 5.44. The van der Waals surface area contributed by atoms with Crippen molar-refractivity contribution in [3.8, 4) is 0 Å². The van der Waals surface area contributed by atoms with E-state index in [-0.39, 0.29) is 23.6 Å². The van der Waals surface area contributed by atoms with Crippen LogP contribution in [0.2, 0.25) is 0 Å². The molecule has 0 spiro atoms. The summed E-state index contributed by atoms with van der Waals surface area (Å²) >= 11 is 0. The van der Waals surface area contributed by atoms with Gasteiger partial charge in [0.25, 0.3) is 0 Å². The molecule has 0 atom stereocenters. The van der Waals surface area contributed by atoms with Gasteiger partial charge in [-0.05, 0) is 43.9 Å². The number of carbonyl (C=O) groups is 1. The van der Waals surface area contributed by atoms with E-state index in [1.807, 2.05) is 0 Å². The van der Waals surface area contributed by atoms with Crippen molar-refractivity contribution in [2.45, 2.75) is 31.7 Å². The number of hydrogen-bond acceptors (Lipinski definition) is 3. The van der Waals surface area contributed by atoms with Crippen molar-refractivity contribution < 1.29 is 4.79 Å². The Kier molecular flexibility index (Phi) is 3.31. The van der Waals surface area contributed by atoms with Crippen LogP contribution in [0, 0.1) is 5.92 Å². The second kappa shape index (κ2) is 5.13. The maximum absolute atomic E-state index is 12.2. The van der Waals surface area contributed by atoms with Crippen LogP contribution in [0.1, 0.15) is 25.7 Å². The van der Waals surface area contributed by atoms with Gasteiger partial charge in [0.15, 0.2) is 0 Å². The molecule has 2 aromatic rings. The summed E-state index contributed by atoms with van der Waals surface area (Å²) in [6.07, 6.45) is 3.50. The summed E-state index contributed by atoms with van der Waals surface area (Å²) in [6, 6.07) is 5.57. The summed E-state index contributed by atoms with van der Waals surface area (Å²) < 4.78 is 0. The van der Waals surface area contributed by atoms with Crippen molar-refractivity contribution >= 4 is 22.6 Å². The number of aromatic amines is 2. The normalized spacial score (nSPS) is 22.9. The van der Waals surface area contributed by atoms with Crippen molar-refractivity contribution in [2.75, 3.05) is 5.32 Å². The first-order valence-electron chi connectivity index (χ1n) is 6.90. The molecular formula is C14H18N4O2. The monoisotopic (exact) mass is 274 g/mol. The molecule has 0 bridgehead atoms. The van der Waals surface area contributed by atoms with Gasteiger partial charge in [-0.2, -0.15) is 0 Å². The van der Waals surface area contributed by atoms with Gasteiger partial charge in [0, 0.05) is 17.6 Å². The molecule has 1 aromatic carbocycles. The number of nitrogens with one attached hydrogen (secondary N) is 3. The molecule has 1 aromatic heterocycles. The number of H-pyrrole nitrogens is 2. The molecule has 1 aliphatic carbocycles. The van der Waals surface area contributed by atoms with Crippen molar-refractivity contribution in [1.82, 2.24) is 9.97 Å². The number of fused-ring (bicyclic) bond motifs is 1. The summed E-state index contributed by atoms with van der Waals surface area (Å²) in [5.74, 6) is 0.0740. The highest BCUT2D eigenvalue weighted by atomic mass is 16.2. The molecule has 1 amide bonds. The number of anilines is 1. The summed E-state index contributed by atoms with van der Waals surface area (Å²) in [6.45, 7) is 0. The zero-order chi connectivity index (χ0) is 14.1. The number of hydrogen-bond donors (Lipinski definition) is 4. The predicted molar refractivity (Wildman–Crippen MR) is 77.5 cm³/mol. The zero-order valence-electron chi connectivity index (χ0n) is 11.1. The highest BCUT2D eigenvalue weighted by molar-refractivity contribution is 5.94. The van der Waals surface area contributed by atoms with E-state index >= 15 is 0 Å². The van der Waals surface area contributed by atoms with Crippen molar-refractivity contribution in [1.29, 1.82) is 0 Å². The lowest BCUT2D eigenvalue weighted by molar-refractivity contribution is -0.120. The Morgan fingerprint density at radius 2 is 1.85 bits per heavy atom.